The molecule has 0 aromatic heterocycles. The molecule has 1 saturated carbocycles. The van der Waals surface area contributed by atoms with Crippen molar-refractivity contribution in [2.75, 3.05) is 13.2 Å². The number of hydrogen-bond acceptors (Lipinski definition) is 4. The second-order valence-corrected chi connectivity index (χ2v) is 5.38. The minimum absolute atomic E-state index is 0.0945. The standard InChI is InChI=1S/C13H22O4/c1-4-15-12(14)7-9-5-6-11-10(9)8-16-13(2,3)17-11/h9-11H,4-8H2,1-3H3/t9-,10+,11-/m1/s1. The molecule has 2 fully saturated rings. The quantitative estimate of drug-likeness (QED) is 0.711. The fourth-order valence-electron chi connectivity index (χ4n) is 2.88. The van der Waals surface area contributed by atoms with E-state index in [4.69, 9.17) is 14.2 Å². The first-order valence-electron chi connectivity index (χ1n) is 6.49. The highest BCUT2D eigenvalue weighted by molar-refractivity contribution is 5.69. The van der Waals surface area contributed by atoms with Crippen LogP contribution in [-0.4, -0.2) is 31.1 Å². The molecule has 0 spiro atoms. The Bertz CT molecular complexity index is 287. The Morgan fingerprint density at radius 3 is 2.88 bits per heavy atom. The highest BCUT2D eigenvalue weighted by atomic mass is 16.7. The smallest absolute Gasteiger partial charge is 0.306 e. The highest BCUT2D eigenvalue weighted by Gasteiger charge is 2.44. The van der Waals surface area contributed by atoms with Crippen molar-refractivity contribution in [2.45, 2.75) is 51.9 Å². The average molecular weight is 242 g/mol. The second kappa shape index (κ2) is 4.94. The van der Waals surface area contributed by atoms with Gasteiger partial charge in [0.2, 0.25) is 0 Å². The minimum atomic E-state index is -0.472. The molecule has 3 atom stereocenters. The summed E-state index contributed by atoms with van der Waals surface area (Å²) >= 11 is 0. The lowest BCUT2D eigenvalue weighted by Gasteiger charge is -2.39. The van der Waals surface area contributed by atoms with E-state index in [9.17, 15) is 4.79 Å². The molecule has 0 bridgehead atoms. The Hall–Kier alpha value is -0.610. The lowest BCUT2D eigenvalue weighted by atomic mass is 9.91. The topological polar surface area (TPSA) is 44.8 Å². The number of hydrogen-bond donors (Lipinski definition) is 0. The van der Waals surface area contributed by atoms with Crippen molar-refractivity contribution in [2.24, 2.45) is 11.8 Å². The monoisotopic (exact) mass is 242 g/mol. The van der Waals surface area contributed by atoms with Crippen LogP contribution in [0.4, 0.5) is 0 Å². The number of esters is 1. The molecule has 1 aliphatic heterocycles. The number of carbonyl (C=O) groups excluding carboxylic acids is 1. The summed E-state index contributed by atoms with van der Waals surface area (Å²) in [7, 11) is 0. The van der Waals surface area contributed by atoms with E-state index in [0.29, 0.717) is 31.5 Å². The van der Waals surface area contributed by atoms with Gasteiger partial charge in [-0.3, -0.25) is 4.79 Å². The van der Waals surface area contributed by atoms with Gasteiger partial charge in [0.1, 0.15) is 0 Å². The summed E-state index contributed by atoms with van der Waals surface area (Å²) in [6, 6.07) is 0. The molecule has 1 saturated heterocycles. The van der Waals surface area contributed by atoms with Crippen molar-refractivity contribution < 1.29 is 19.0 Å². The van der Waals surface area contributed by atoms with Gasteiger partial charge in [0.25, 0.3) is 0 Å². The molecule has 1 heterocycles. The van der Waals surface area contributed by atoms with E-state index >= 15 is 0 Å². The third-order valence-corrected chi connectivity index (χ3v) is 3.70. The van der Waals surface area contributed by atoms with Crippen molar-refractivity contribution in [1.29, 1.82) is 0 Å². The van der Waals surface area contributed by atoms with Gasteiger partial charge >= 0.3 is 5.97 Å². The van der Waals surface area contributed by atoms with Crippen molar-refractivity contribution in [1.82, 2.24) is 0 Å². The maximum atomic E-state index is 11.5. The van der Waals surface area contributed by atoms with E-state index in [1.165, 1.54) is 0 Å². The molecular formula is C13H22O4. The predicted molar refractivity (Wildman–Crippen MR) is 62.4 cm³/mol. The van der Waals surface area contributed by atoms with Crippen molar-refractivity contribution >= 4 is 5.97 Å². The fraction of sp³-hybridized carbons (Fsp3) is 0.923. The van der Waals surface area contributed by atoms with Crippen LogP contribution in [-0.2, 0) is 19.0 Å². The van der Waals surface area contributed by atoms with Crippen LogP contribution in [0.5, 0.6) is 0 Å². The van der Waals surface area contributed by atoms with Crippen LogP contribution < -0.4 is 0 Å². The number of carbonyl (C=O) groups is 1. The Balaban J connectivity index is 1.89. The van der Waals surface area contributed by atoms with Gasteiger partial charge in [-0.05, 0) is 39.5 Å². The molecule has 2 rings (SSSR count). The highest BCUT2D eigenvalue weighted by Crippen LogP contribution is 2.42. The van der Waals surface area contributed by atoms with Gasteiger partial charge < -0.3 is 14.2 Å². The summed E-state index contributed by atoms with van der Waals surface area (Å²) in [5.41, 5.74) is 0. The van der Waals surface area contributed by atoms with Crippen molar-refractivity contribution in [3.63, 3.8) is 0 Å². The lowest BCUT2D eigenvalue weighted by Crippen LogP contribution is -2.45. The maximum Gasteiger partial charge on any atom is 0.306 e. The van der Waals surface area contributed by atoms with Crippen LogP contribution in [0.15, 0.2) is 0 Å². The van der Waals surface area contributed by atoms with E-state index in [1.807, 2.05) is 20.8 Å². The molecule has 1 aliphatic carbocycles. The number of rotatable bonds is 3. The molecule has 98 valence electrons. The van der Waals surface area contributed by atoms with E-state index < -0.39 is 5.79 Å². The van der Waals surface area contributed by atoms with Gasteiger partial charge in [0.15, 0.2) is 5.79 Å². The van der Waals surface area contributed by atoms with Crippen LogP contribution in [0.1, 0.15) is 40.0 Å². The first kappa shape index (κ1) is 12.8. The summed E-state index contributed by atoms with van der Waals surface area (Å²) in [4.78, 5) is 11.5. The SMILES string of the molecule is CCOC(=O)C[C@H]1CC[C@H]2OC(C)(C)OC[C@@H]12. The molecular weight excluding hydrogens is 220 g/mol. The van der Waals surface area contributed by atoms with Crippen LogP contribution in [0, 0.1) is 11.8 Å². The summed E-state index contributed by atoms with van der Waals surface area (Å²) < 4.78 is 16.6. The van der Waals surface area contributed by atoms with Gasteiger partial charge in [-0.1, -0.05) is 0 Å². The molecule has 0 N–H and O–H groups in total. The Kier molecular flexibility index (Phi) is 3.73. The molecule has 0 amide bonds. The first-order valence-corrected chi connectivity index (χ1v) is 6.49. The molecule has 4 heteroatoms. The number of ether oxygens (including phenoxy) is 3. The van der Waals surface area contributed by atoms with Crippen LogP contribution in [0.3, 0.4) is 0 Å². The van der Waals surface area contributed by atoms with Gasteiger partial charge in [0, 0.05) is 12.3 Å². The molecule has 0 unspecified atom stereocenters. The largest absolute Gasteiger partial charge is 0.466 e. The average Bonchev–Trinajstić information content (AvgIpc) is 2.59. The molecule has 4 nitrogen and oxygen atoms in total. The fourth-order valence-corrected chi connectivity index (χ4v) is 2.88. The van der Waals surface area contributed by atoms with Gasteiger partial charge in [0.05, 0.1) is 19.3 Å². The van der Waals surface area contributed by atoms with Crippen LogP contribution in [0.25, 0.3) is 0 Å². The van der Waals surface area contributed by atoms with Crippen LogP contribution >= 0.6 is 0 Å². The van der Waals surface area contributed by atoms with Gasteiger partial charge in [-0.2, -0.15) is 0 Å². The summed E-state index contributed by atoms with van der Waals surface area (Å²) in [6.45, 7) is 6.88. The molecule has 17 heavy (non-hydrogen) atoms. The Labute approximate surface area is 103 Å². The zero-order chi connectivity index (χ0) is 12.5. The molecule has 0 radical (unpaired) electrons. The minimum Gasteiger partial charge on any atom is -0.466 e. The van der Waals surface area contributed by atoms with Gasteiger partial charge in [-0.15, -0.1) is 0 Å². The summed E-state index contributed by atoms with van der Waals surface area (Å²) in [6.07, 6.45) is 2.82. The third kappa shape index (κ3) is 2.99. The summed E-state index contributed by atoms with van der Waals surface area (Å²) in [5, 5.41) is 0. The van der Waals surface area contributed by atoms with Crippen molar-refractivity contribution in [3.05, 3.63) is 0 Å². The second-order valence-electron chi connectivity index (χ2n) is 5.38. The molecule has 0 aromatic rings. The zero-order valence-corrected chi connectivity index (χ0v) is 10.9. The number of fused-ring (bicyclic) bond motifs is 1. The van der Waals surface area contributed by atoms with Crippen LogP contribution in [0.2, 0.25) is 0 Å². The zero-order valence-electron chi connectivity index (χ0n) is 10.9. The lowest BCUT2D eigenvalue weighted by molar-refractivity contribution is -0.290. The molecule has 0 aromatic carbocycles. The maximum absolute atomic E-state index is 11.5. The van der Waals surface area contributed by atoms with E-state index in [1.54, 1.807) is 0 Å². The molecule has 2 aliphatic rings. The Morgan fingerprint density at radius 2 is 2.18 bits per heavy atom. The van der Waals surface area contributed by atoms with E-state index in [-0.39, 0.29) is 12.1 Å². The predicted octanol–water partition coefficient (Wildman–Crippen LogP) is 2.12. The summed E-state index contributed by atoms with van der Waals surface area (Å²) in [5.74, 6) is 0.144. The third-order valence-electron chi connectivity index (χ3n) is 3.70. The van der Waals surface area contributed by atoms with Crippen molar-refractivity contribution in [3.8, 4) is 0 Å². The van der Waals surface area contributed by atoms with E-state index in [0.717, 1.165) is 12.8 Å². The normalized spacial score (nSPS) is 35.4. The first-order chi connectivity index (χ1) is 8.02. The van der Waals surface area contributed by atoms with Gasteiger partial charge in [-0.25, -0.2) is 0 Å². The van der Waals surface area contributed by atoms with E-state index in [2.05, 4.69) is 0 Å². The Morgan fingerprint density at radius 1 is 1.41 bits per heavy atom.